The molecule has 0 saturated carbocycles. The zero-order chi connectivity index (χ0) is 18.4. The molecule has 0 aliphatic rings. The highest BCUT2D eigenvalue weighted by Gasteiger charge is 2.22. The van der Waals surface area contributed by atoms with E-state index >= 15 is 0 Å². The SMILES string of the molecule is CC(OC(=O)c1ccccc1OC(F)F)C(=O)Nc1ccc(F)cc1. The molecular formula is C17H14F3NO4. The predicted octanol–water partition coefficient (Wildman–Crippen LogP) is 3.61. The van der Waals surface area contributed by atoms with Gasteiger partial charge in [0.05, 0.1) is 0 Å². The summed E-state index contributed by atoms with van der Waals surface area (Å²) in [6.45, 7) is -1.79. The van der Waals surface area contributed by atoms with Crippen LogP contribution in [0.2, 0.25) is 0 Å². The van der Waals surface area contributed by atoms with Crippen molar-refractivity contribution < 1.29 is 32.2 Å². The number of alkyl halides is 2. The quantitative estimate of drug-likeness (QED) is 0.806. The van der Waals surface area contributed by atoms with E-state index in [0.29, 0.717) is 5.69 Å². The first-order valence-corrected chi connectivity index (χ1v) is 7.18. The molecule has 0 aliphatic carbocycles. The molecule has 2 rings (SSSR count). The molecule has 2 aromatic carbocycles. The molecular weight excluding hydrogens is 339 g/mol. The highest BCUT2D eigenvalue weighted by Crippen LogP contribution is 2.21. The number of halogens is 3. The van der Waals surface area contributed by atoms with Crippen molar-refractivity contribution in [3.8, 4) is 5.75 Å². The van der Waals surface area contributed by atoms with Crippen molar-refractivity contribution in [2.75, 3.05) is 5.32 Å². The van der Waals surface area contributed by atoms with Crippen molar-refractivity contribution >= 4 is 17.6 Å². The van der Waals surface area contributed by atoms with Gasteiger partial charge in [-0.05, 0) is 43.3 Å². The lowest BCUT2D eigenvalue weighted by Gasteiger charge is -2.15. The van der Waals surface area contributed by atoms with Crippen LogP contribution in [-0.2, 0) is 9.53 Å². The Labute approximate surface area is 141 Å². The van der Waals surface area contributed by atoms with Crippen LogP contribution < -0.4 is 10.1 Å². The van der Waals surface area contributed by atoms with Crippen molar-refractivity contribution in [3.63, 3.8) is 0 Å². The predicted molar refractivity (Wildman–Crippen MR) is 83.0 cm³/mol. The molecule has 132 valence electrons. The van der Waals surface area contributed by atoms with E-state index in [2.05, 4.69) is 10.1 Å². The maximum Gasteiger partial charge on any atom is 0.387 e. The molecule has 0 heterocycles. The lowest BCUT2D eigenvalue weighted by molar-refractivity contribution is -0.123. The Morgan fingerprint density at radius 1 is 1.04 bits per heavy atom. The smallest absolute Gasteiger partial charge is 0.387 e. The van der Waals surface area contributed by atoms with Gasteiger partial charge in [-0.25, -0.2) is 9.18 Å². The first kappa shape index (κ1) is 18.3. The van der Waals surface area contributed by atoms with Crippen LogP contribution in [0.3, 0.4) is 0 Å². The van der Waals surface area contributed by atoms with Crippen molar-refractivity contribution in [3.05, 3.63) is 59.9 Å². The van der Waals surface area contributed by atoms with Crippen molar-refractivity contribution in [2.24, 2.45) is 0 Å². The molecule has 2 aromatic rings. The number of nitrogens with one attached hydrogen (secondary N) is 1. The summed E-state index contributed by atoms with van der Waals surface area (Å²) < 4.78 is 46.8. The molecule has 1 unspecified atom stereocenters. The Hall–Kier alpha value is -3.03. The number of amides is 1. The summed E-state index contributed by atoms with van der Waals surface area (Å²) in [7, 11) is 0. The number of carbonyl (C=O) groups excluding carboxylic acids is 2. The van der Waals surface area contributed by atoms with Gasteiger partial charge in [0.2, 0.25) is 0 Å². The molecule has 1 atom stereocenters. The van der Waals surface area contributed by atoms with Gasteiger partial charge in [0.1, 0.15) is 17.1 Å². The topological polar surface area (TPSA) is 64.6 Å². The van der Waals surface area contributed by atoms with E-state index in [1.165, 1.54) is 43.3 Å². The third kappa shape index (κ3) is 5.23. The first-order chi connectivity index (χ1) is 11.9. The van der Waals surface area contributed by atoms with Crippen molar-refractivity contribution in [1.29, 1.82) is 0 Å². The van der Waals surface area contributed by atoms with Crippen LogP contribution in [0.25, 0.3) is 0 Å². The lowest BCUT2D eigenvalue weighted by atomic mass is 10.2. The van der Waals surface area contributed by atoms with Gasteiger partial charge in [-0.15, -0.1) is 0 Å². The van der Waals surface area contributed by atoms with Crippen LogP contribution in [0.1, 0.15) is 17.3 Å². The fourth-order valence-electron chi connectivity index (χ4n) is 1.89. The largest absolute Gasteiger partial charge is 0.449 e. The van der Waals surface area contributed by atoms with E-state index in [4.69, 9.17) is 4.74 Å². The fourth-order valence-corrected chi connectivity index (χ4v) is 1.89. The highest BCUT2D eigenvalue weighted by molar-refractivity contribution is 5.98. The van der Waals surface area contributed by atoms with Gasteiger partial charge in [0.15, 0.2) is 6.10 Å². The summed E-state index contributed by atoms with van der Waals surface area (Å²) in [4.78, 5) is 24.1. The Kier molecular flexibility index (Phi) is 5.99. The van der Waals surface area contributed by atoms with Gasteiger partial charge >= 0.3 is 12.6 Å². The highest BCUT2D eigenvalue weighted by atomic mass is 19.3. The maximum absolute atomic E-state index is 12.8. The number of hydrogen-bond acceptors (Lipinski definition) is 4. The molecule has 1 amide bonds. The summed E-state index contributed by atoms with van der Waals surface area (Å²) in [5, 5.41) is 2.44. The number of rotatable bonds is 6. The summed E-state index contributed by atoms with van der Waals surface area (Å²) in [6.07, 6.45) is -1.21. The molecule has 0 bridgehead atoms. The van der Waals surface area contributed by atoms with Gasteiger partial charge < -0.3 is 14.8 Å². The zero-order valence-corrected chi connectivity index (χ0v) is 13.0. The van der Waals surface area contributed by atoms with Crippen LogP contribution in [0.5, 0.6) is 5.75 Å². The first-order valence-electron chi connectivity index (χ1n) is 7.18. The summed E-state index contributed by atoms with van der Waals surface area (Å²) >= 11 is 0. The zero-order valence-electron chi connectivity index (χ0n) is 13.0. The molecule has 8 heteroatoms. The van der Waals surface area contributed by atoms with E-state index in [9.17, 15) is 22.8 Å². The molecule has 0 aliphatic heterocycles. The van der Waals surface area contributed by atoms with Gasteiger partial charge in [0, 0.05) is 5.69 Å². The fraction of sp³-hybridized carbons (Fsp3) is 0.176. The van der Waals surface area contributed by atoms with Crippen molar-refractivity contribution in [1.82, 2.24) is 0 Å². The number of anilines is 1. The number of para-hydroxylation sites is 1. The maximum atomic E-state index is 12.8. The van der Waals surface area contributed by atoms with E-state index in [-0.39, 0.29) is 11.3 Å². The number of carbonyl (C=O) groups is 2. The number of ether oxygens (including phenoxy) is 2. The van der Waals surface area contributed by atoms with Gasteiger partial charge in [-0.2, -0.15) is 8.78 Å². The molecule has 0 saturated heterocycles. The van der Waals surface area contributed by atoms with Crippen LogP contribution >= 0.6 is 0 Å². The standard InChI is InChI=1S/C17H14F3NO4/c1-10(15(22)21-12-8-6-11(18)7-9-12)24-16(23)13-4-2-3-5-14(13)25-17(19)20/h2-10,17H,1H3,(H,21,22). The van der Waals surface area contributed by atoms with Crippen LogP contribution in [0.15, 0.2) is 48.5 Å². The van der Waals surface area contributed by atoms with Gasteiger partial charge in [-0.3, -0.25) is 4.79 Å². The minimum absolute atomic E-state index is 0.232. The molecule has 0 radical (unpaired) electrons. The molecule has 5 nitrogen and oxygen atoms in total. The lowest BCUT2D eigenvalue weighted by Crippen LogP contribution is -2.30. The third-order valence-corrected chi connectivity index (χ3v) is 3.09. The second-order valence-electron chi connectivity index (χ2n) is 4.92. The van der Waals surface area contributed by atoms with E-state index in [1.807, 2.05) is 0 Å². The van der Waals surface area contributed by atoms with Crippen LogP contribution in [0, 0.1) is 5.82 Å². The number of hydrogen-bond donors (Lipinski definition) is 1. The van der Waals surface area contributed by atoms with Gasteiger partial charge in [0.25, 0.3) is 5.91 Å². The summed E-state index contributed by atoms with van der Waals surface area (Å²) in [5.74, 6) is -2.47. The Balaban J connectivity index is 2.02. The molecule has 1 N–H and O–H groups in total. The molecule has 0 fully saturated rings. The number of esters is 1. The van der Waals surface area contributed by atoms with Crippen LogP contribution in [-0.4, -0.2) is 24.6 Å². The molecule has 0 spiro atoms. The van der Waals surface area contributed by atoms with E-state index in [1.54, 1.807) is 0 Å². The van der Waals surface area contributed by atoms with Crippen molar-refractivity contribution in [2.45, 2.75) is 19.6 Å². The Bertz CT molecular complexity index is 750. The Morgan fingerprint density at radius 2 is 1.68 bits per heavy atom. The average molecular weight is 353 g/mol. The van der Waals surface area contributed by atoms with Crippen LogP contribution in [0.4, 0.5) is 18.9 Å². The molecule has 25 heavy (non-hydrogen) atoms. The number of benzene rings is 2. The Morgan fingerprint density at radius 3 is 2.32 bits per heavy atom. The van der Waals surface area contributed by atoms with E-state index in [0.717, 1.165) is 12.1 Å². The minimum Gasteiger partial charge on any atom is -0.449 e. The second-order valence-corrected chi connectivity index (χ2v) is 4.92. The third-order valence-electron chi connectivity index (χ3n) is 3.09. The summed E-state index contributed by atoms with van der Waals surface area (Å²) in [5.41, 5.74) is 0.0833. The monoisotopic (exact) mass is 353 g/mol. The molecule has 0 aromatic heterocycles. The average Bonchev–Trinajstić information content (AvgIpc) is 2.56. The normalized spacial score (nSPS) is 11.7. The summed E-state index contributed by atoms with van der Waals surface area (Å²) in [6, 6.07) is 10.3. The second kappa shape index (κ2) is 8.18. The minimum atomic E-state index is -3.10. The van der Waals surface area contributed by atoms with Gasteiger partial charge in [-0.1, -0.05) is 12.1 Å². The van der Waals surface area contributed by atoms with E-state index < -0.39 is 30.4 Å².